The smallest absolute Gasteiger partial charge is 0.244 e. The Balaban J connectivity index is 1.42. The van der Waals surface area contributed by atoms with Gasteiger partial charge in [-0.15, -0.1) is 11.8 Å². The number of rotatable bonds is 9. The van der Waals surface area contributed by atoms with Gasteiger partial charge in [-0.25, -0.2) is 0 Å². The minimum atomic E-state index is -0.0638. The number of carbonyl (C=O) groups excluding carboxylic acids is 1. The molecular formula is C25H32N2O3S. The highest BCUT2D eigenvalue weighted by atomic mass is 32.2. The van der Waals surface area contributed by atoms with Crippen LogP contribution in [0.2, 0.25) is 0 Å². The number of ether oxygens (including phenoxy) is 2. The number of nitrogens with zero attached hydrogens (tertiary/aromatic N) is 1. The van der Waals surface area contributed by atoms with E-state index in [1.165, 1.54) is 10.5 Å². The molecule has 1 aliphatic heterocycles. The average molecular weight is 441 g/mol. The molecule has 0 atom stereocenters. The standard InChI is InChI=1S/C25H32N2O3S/c1-29-22-10-8-19(16-23(22)30-2)9-11-25(28)26-17-20-12-14-27(15-13-20)18-21-6-4-5-7-24(21)31-3/h4-11,16,20H,12-15,17-18H2,1-3H3,(H,26,28). The van der Waals surface area contributed by atoms with Gasteiger partial charge in [0.2, 0.25) is 5.91 Å². The summed E-state index contributed by atoms with van der Waals surface area (Å²) in [6, 6.07) is 14.2. The molecule has 1 aliphatic rings. The summed E-state index contributed by atoms with van der Waals surface area (Å²) in [5, 5.41) is 3.05. The molecule has 1 fully saturated rings. The van der Waals surface area contributed by atoms with Gasteiger partial charge < -0.3 is 14.8 Å². The number of hydrogen-bond donors (Lipinski definition) is 1. The van der Waals surface area contributed by atoms with Crippen LogP contribution in [-0.2, 0) is 11.3 Å². The second-order valence-electron chi connectivity index (χ2n) is 7.72. The first-order valence-electron chi connectivity index (χ1n) is 10.6. The maximum atomic E-state index is 12.2. The molecule has 0 radical (unpaired) electrons. The van der Waals surface area contributed by atoms with E-state index in [1.54, 1.807) is 26.4 Å². The van der Waals surface area contributed by atoms with E-state index in [2.05, 4.69) is 40.7 Å². The topological polar surface area (TPSA) is 50.8 Å². The molecule has 1 saturated heterocycles. The molecule has 2 aromatic rings. The fourth-order valence-corrected chi connectivity index (χ4v) is 4.46. The number of hydrogen-bond acceptors (Lipinski definition) is 5. The zero-order valence-corrected chi connectivity index (χ0v) is 19.4. The van der Waals surface area contributed by atoms with Gasteiger partial charge in [0.15, 0.2) is 11.5 Å². The predicted octanol–water partition coefficient (Wildman–Crippen LogP) is 4.47. The Kier molecular flexibility index (Phi) is 8.85. The molecule has 0 bridgehead atoms. The molecule has 1 N–H and O–H groups in total. The van der Waals surface area contributed by atoms with Gasteiger partial charge in [0.25, 0.3) is 0 Å². The van der Waals surface area contributed by atoms with Crippen LogP contribution >= 0.6 is 11.8 Å². The Labute approximate surface area is 189 Å². The number of amides is 1. The second kappa shape index (κ2) is 11.8. The number of thioether (sulfide) groups is 1. The van der Waals surface area contributed by atoms with Gasteiger partial charge in [0, 0.05) is 24.1 Å². The molecule has 0 spiro atoms. The van der Waals surface area contributed by atoms with Crippen molar-refractivity contribution in [2.24, 2.45) is 5.92 Å². The van der Waals surface area contributed by atoms with Crippen LogP contribution in [0.3, 0.4) is 0 Å². The van der Waals surface area contributed by atoms with Crippen molar-refractivity contribution in [1.82, 2.24) is 10.2 Å². The molecular weight excluding hydrogens is 408 g/mol. The summed E-state index contributed by atoms with van der Waals surface area (Å²) in [7, 11) is 3.21. The van der Waals surface area contributed by atoms with Gasteiger partial charge in [0.1, 0.15) is 0 Å². The summed E-state index contributed by atoms with van der Waals surface area (Å²) in [5.41, 5.74) is 2.30. The van der Waals surface area contributed by atoms with Crippen molar-refractivity contribution < 1.29 is 14.3 Å². The lowest BCUT2D eigenvalue weighted by Gasteiger charge is -2.32. The van der Waals surface area contributed by atoms with Crippen LogP contribution in [0.25, 0.3) is 6.08 Å². The number of nitrogens with one attached hydrogen (secondary N) is 1. The minimum Gasteiger partial charge on any atom is -0.493 e. The average Bonchev–Trinajstić information content (AvgIpc) is 2.82. The Morgan fingerprint density at radius 2 is 1.87 bits per heavy atom. The zero-order valence-electron chi connectivity index (χ0n) is 18.6. The van der Waals surface area contributed by atoms with E-state index >= 15 is 0 Å². The second-order valence-corrected chi connectivity index (χ2v) is 8.57. The monoisotopic (exact) mass is 440 g/mol. The van der Waals surface area contributed by atoms with Crippen molar-refractivity contribution in [2.45, 2.75) is 24.3 Å². The lowest BCUT2D eigenvalue weighted by atomic mass is 9.96. The van der Waals surface area contributed by atoms with Crippen LogP contribution in [0.15, 0.2) is 53.4 Å². The number of benzene rings is 2. The van der Waals surface area contributed by atoms with Crippen LogP contribution < -0.4 is 14.8 Å². The van der Waals surface area contributed by atoms with Crippen molar-refractivity contribution in [3.63, 3.8) is 0 Å². The Morgan fingerprint density at radius 3 is 2.58 bits per heavy atom. The van der Waals surface area contributed by atoms with Crippen molar-refractivity contribution in [3.8, 4) is 11.5 Å². The fraction of sp³-hybridized carbons (Fsp3) is 0.400. The first-order valence-corrected chi connectivity index (χ1v) is 11.9. The molecule has 166 valence electrons. The molecule has 6 heteroatoms. The molecule has 1 heterocycles. The highest BCUT2D eigenvalue weighted by Gasteiger charge is 2.20. The third-order valence-corrected chi connectivity index (χ3v) is 6.53. The first-order chi connectivity index (χ1) is 15.1. The van der Waals surface area contributed by atoms with Crippen molar-refractivity contribution in [1.29, 1.82) is 0 Å². The summed E-state index contributed by atoms with van der Waals surface area (Å²) in [6.07, 6.45) is 7.73. The third kappa shape index (κ3) is 6.77. The minimum absolute atomic E-state index is 0.0638. The number of piperidine rings is 1. The molecule has 2 aromatic carbocycles. The van der Waals surface area contributed by atoms with Gasteiger partial charge in [-0.3, -0.25) is 9.69 Å². The number of carbonyl (C=O) groups is 1. The summed E-state index contributed by atoms with van der Waals surface area (Å²) < 4.78 is 10.5. The SMILES string of the molecule is COc1ccc(C=CC(=O)NCC2CCN(Cc3ccccc3SC)CC2)cc1OC. The first kappa shape index (κ1) is 23.2. The van der Waals surface area contributed by atoms with E-state index in [0.717, 1.165) is 44.6 Å². The summed E-state index contributed by atoms with van der Waals surface area (Å²) >= 11 is 1.81. The molecule has 1 amide bonds. The largest absolute Gasteiger partial charge is 0.493 e. The van der Waals surface area contributed by atoms with Gasteiger partial charge in [-0.2, -0.15) is 0 Å². The van der Waals surface area contributed by atoms with Crippen LogP contribution in [0, 0.1) is 5.92 Å². The zero-order chi connectivity index (χ0) is 22.1. The van der Waals surface area contributed by atoms with Gasteiger partial charge in [-0.05, 0) is 73.5 Å². The predicted molar refractivity (Wildman–Crippen MR) is 128 cm³/mol. The molecule has 3 rings (SSSR count). The molecule has 0 aromatic heterocycles. The lowest BCUT2D eigenvalue weighted by Crippen LogP contribution is -2.38. The van der Waals surface area contributed by atoms with E-state index in [0.29, 0.717) is 17.4 Å². The Hall–Kier alpha value is -2.44. The summed E-state index contributed by atoms with van der Waals surface area (Å²) in [5.74, 6) is 1.79. The Bertz CT molecular complexity index is 892. The molecule has 31 heavy (non-hydrogen) atoms. The highest BCUT2D eigenvalue weighted by Crippen LogP contribution is 2.28. The number of likely N-dealkylation sites (tertiary alicyclic amines) is 1. The van der Waals surface area contributed by atoms with Crippen molar-refractivity contribution in [2.75, 3.05) is 40.1 Å². The lowest BCUT2D eigenvalue weighted by molar-refractivity contribution is -0.116. The Morgan fingerprint density at radius 1 is 1.13 bits per heavy atom. The normalized spacial score (nSPS) is 15.2. The van der Waals surface area contributed by atoms with E-state index in [4.69, 9.17) is 9.47 Å². The van der Waals surface area contributed by atoms with Gasteiger partial charge in [-0.1, -0.05) is 24.3 Å². The van der Waals surface area contributed by atoms with Crippen molar-refractivity contribution >= 4 is 23.7 Å². The van der Waals surface area contributed by atoms with Crippen LogP contribution in [0.5, 0.6) is 11.5 Å². The van der Waals surface area contributed by atoms with Gasteiger partial charge in [0.05, 0.1) is 14.2 Å². The third-order valence-electron chi connectivity index (χ3n) is 5.69. The van der Waals surface area contributed by atoms with E-state index in [1.807, 2.05) is 30.0 Å². The van der Waals surface area contributed by atoms with Crippen LogP contribution in [-0.4, -0.2) is 50.9 Å². The highest BCUT2D eigenvalue weighted by molar-refractivity contribution is 7.98. The molecule has 5 nitrogen and oxygen atoms in total. The van der Waals surface area contributed by atoms with Crippen molar-refractivity contribution in [3.05, 3.63) is 59.7 Å². The van der Waals surface area contributed by atoms with E-state index in [9.17, 15) is 4.79 Å². The quantitative estimate of drug-likeness (QED) is 0.461. The maximum absolute atomic E-state index is 12.2. The number of methoxy groups -OCH3 is 2. The van der Waals surface area contributed by atoms with E-state index in [-0.39, 0.29) is 5.91 Å². The van der Waals surface area contributed by atoms with Crippen LogP contribution in [0.4, 0.5) is 0 Å². The van der Waals surface area contributed by atoms with Crippen LogP contribution in [0.1, 0.15) is 24.0 Å². The molecule has 0 unspecified atom stereocenters. The fourth-order valence-electron chi connectivity index (χ4n) is 3.86. The van der Waals surface area contributed by atoms with Gasteiger partial charge >= 0.3 is 0 Å². The summed E-state index contributed by atoms with van der Waals surface area (Å²) in [6.45, 7) is 3.88. The maximum Gasteiger partial charge on any atom is 0.244 e. The molecule has 0 saturated carbocycles. The summed E-state index contributed by atoms with van der Waals surface area (Å²) in [4.78, 5) is 16.1. The molecule has 0 aliphatic carbocycles. The van der Waals surface area contributed by atoms with E-state index < -0.39 is 0 Å².